The molecule has 2 rings (SSSR count). The lowest BCUT2D eigenvalue weighted by Gasteiger charge is -2.12. The number of carbonyl (C=O) groups excluding carboxylic acids is 1. The third-order valence-corrected chi connectivity index (χ3v) is 4.14. The van der Waals surface area contributed by atoms with E-state index in [-0.39, 0.29) is 5.91 Å². The fraction of sp³-hybridized carbons (Fsp3) is 0.333. The topological polar surface area (TPSA) is 65.5 Å². The van der Waals surface area contributed by atoms with Crippen LogP contribution in [0.2, 0.25) is 0 Å². The lowest BCUT2D eigenvalue weighted by atomic mass is 10.2. The first-order valence-electron chi connectivity index (χ1n) is 8.05. The number of hydrogen-bond donors (Lipinski definition) is 3. The number of hydrogen-bond acceptors (Lipinski definition) is 3. The summed E-state index contributed by atoms with van der Waals surface area (Å²) < 4.78 is 0. The highest BCUT2D eigenvalue weighted by molar-refractivity contribution is 7.07. The quantitative estimate of drug-likeness (QED) is 0.533. The Bertz CT molecular complexity index is 667. The summed E-state index contributed by atoms with van der Waals surface area (Å²) >= 11 is 1.68. The first kappa shape index (κ1) is 18.0. The lowest BCUT2D eigenvalue weighted by Crippen LogP contribution is -2.36. The molecule has 0 atom stereocenters. The summed E-state index contributed by atoms with van der Waals surface area (Å²) in [6.45, 7) is 3.38. The van der Waals surface area contributed by atoms with E-state index < -0.39 is 0 Å². The van der Waals surface area contributed by atoms with Crippen LogP contribution in [0.15, 0.2) is 46.1 Å². The predicted octanol–water partition coefficient (Wildman–Crippen LogP) is 3.35. The highest BCUT2D eigenvalue weighted by Crippen LogP contribution is 2.11. The third-order valence-electron chi connectivity index (χ3n) is 3.41. The average Bonchev–Trinajstić information content (AvgIpc) is 3.09. The Morgan fingerprint density at radius 1 is 1.17 bits per heavy atom. The highest BCUT2D eigenvalue weighted by Gasteiger charge is 2.03. The van der Waals surface area contributed by atoms with Crippen molar-refractivity contribution in [3.8, 4) is 0 Å². The maximum Gasteiger partial charge on any atom is 0.224 e. The third kappa shape index (κ3) is 6.04. The van der Waals surface area contributed by atoms with Crippen LogP contribution in [0, 0.1) is 0 Å². The molecular weight excluding hydrogens is 320 g/mol. The molecule has 0 fully saturated rings. The number of amides is 1. The summed E-state index contributed by atoms with van der Waals surface area (Å²) in [6.07, 6.45) is 1.39. The van der Waals surface area contributed by atoms with E-state index in [9.17, 15) is 4.79 Å². The molecule has 0 radical (unpaired) electrons. The number of thiophene rings is 1. The molecule has 0 saturated heterocycles. The Hall–Kier alpha value is -2.34. The molecule has 0 spiro atoms. The van der Waals surface area contributed by atoms with Crippen molar-refractivity contribution in [3.63, 3.8) is 0 Å². The number of anilines is 1. The lowest BCUT2D eigenvalue weighted by molar-refractivity contribution is -0.116. The van der Waals surface area contributed by atoms with Crippen LogP contribution >= 0.6 is 11.3 Å². The van der Waals surface area contributed by atoms with Gasteiger partial charge in [0.1, 0.15) is 0 Å². The molecule has 0 saturated carbocycles. The maximum atomic E-state index is 11.7. The number of benzene rings is 1. The Morgan fingerprint density at radius 3 is 2.62 bits per heavy atom. The zero-order chi connectivity index (χ0) is 17.2. The molecule has 2 aromatic rings. The Kier molecular flexibility index (Phi) is 7.29. The Balaban J connectivity index is 1.84. The molecule has 1 aromatic heterocycles. The first-order chi connectivity index (χ1) is 11.7. The highest BCUT2D eigenvalue weighted by atomic mass is 32.1. The standard InChI is InChI=1S/C18H24N4OS/c1-3-5-17(23)22-16-7-4-6-14(10-16)11-20-18(19-2)21-12-15-8-9-24-13-15/h4,6-10,13H,3,5,11-12H2,1-2H3,(H,22,23)(H2,19,20,21). The second-order valence-electron chi connectivity index (χ2n) is 5.41. The van der Waals surface area contributed by atoms with Gasteiger partial charge in [0.15, 0.2) is 5.96 Å². The van der Waals surface area contributed by atoms with E-state index in [0.717, 1.165) is 30.2 Å². The molecule has 6 heteroatoms. The van der Waals surface area contributed by atoms with Gasteiger partial charge in [-0.1, -0.05) is 19.1 Å². The van der Waals surface area contributed by atoms with Crippen molar-refractivity contribution in [1.82, 2.24) is 10.6 Å². The predicted molar refractivity (Wildman–Crippen MR) is 101 cm³/mol. The summed E-state index contributed by atoms with van der Waals surface area (Å²) in [5, 5.41) is 13.7. The largest absolute Gasteiger partial charge is 0.352 e. The zero-order valence-corrected chi connectivity index (χ0v) is 15.0. The van der Waals surface area contributed by atoms with E-state index in [1.54, 1.807) is 18.4 Å². The van der Waals surface area contributed by atoms with E-state index >= 15 is 0 Å². The first-order valence-corrected chi connectivity index (χ1v) is 9.00. The summed E-state index contributed by atoms with van der Waals surface area (Å²) in [7, 11) is 1.75. The minimum Gasteiger partial charge on any atom is -0.352 e. The van der Waals surface area contributed by atoms with E-state index in [1.165, 1.54) is 5.56 Å². The van der Waals surface area contributed by atoms with Crippen LogP contribution in [0.4, 0.5) is 5.69 Å². The number of guanidine groups is 1. The molecular formula is C18H24N4OS. The van der Waals surface area contributed by atoms with Crippen molar-refractivity contribution in [2.24, 2.45) is 4.99 Å². The van der Waals surface area contributed by atoms with Crippen molar-refractivity contribution in [2.75, 3.05) is 12.4 Å². The van der Waals surface area contributed by atoms with Crippen molar-refractivity contribution < 1.29 is 4.79 Å². The zero-order valence-electron chi connectivity index (χ0n) is 14.1. The number of nitrogens with one attached hydrogen (secondary N) is 3. The van der Waals surface area contributed by atoms with Crippen LogP contribution in [-0.2, 0) is 17.9 Å². The van der Waals surface area contributed by atoms with Crippen LogP contribution in [0.3, 0.4) is 0 Å². The Labute approximate surface area is 147 Å². The van der Waals surface area contributed by atoms with E-state index in [2.05, 4.69) is 37.8 Å². The van der Waals surface area contributed by atoms with Crippen molar-refractivity contribution in [1.29, 1.82) is 0 Å². The minimum absolute atomic E-state index is 0.0517. The maximum absolute atomic E-state index is 11.7. The van der Waals surface area contributed by atoms with Crippen LogP contribution in [0.1, 0.15) is 30.9 Å². The van der Waals surface area contributed by atoms with E-state index in [1.807, 2.05) is 31.2 Å². The molecule has 0 bridgehead atoms. The van der Waals surface area contributed by atoms with Crippen molar-refractivity contribution in [2.45, 2.75) is 32.9 Å². The number of rotatable bonds is 7. The molecule has 5 nitrogen and oxygen atoms in total. The van der Waals surface area contributed by atoms with Crippen LogP contribution < -0.4 is 16.0 Å². The molecule has 0 aliphatic carbocycles. The normalized spacial score (nSPS) is 11.2. The van der Waals surface area contributed by atoms with Gasteiger partial charge in [0.25, 0.3) is 0 Å². The van der Waals surface area contributed by atoms with Gasteiger partial charge in [-0.2, -0.15) is 11.3 Å². The molecule has 0 aliphatic heterocycles. The van der Waals surface area contributed by atoms with Crippen molar-refractivity contribution >= 4 is 28.9 Å². The molecule has 3 N–H and O–H groups in total. The molecule has 24 heavy (non-hydrogen) atoms. The molecule has 128 valence electrons. The van der Waals surface area contributed by atoms with Gasteiger partial charge in [-0.3, -0.25) is 9.79 Å². The summed E-state index contributed by atoms with van der Waals surface area (Å²) in [6, 6.07) is 9.94. The second kappa shape index (κ2) is 9.72. The Morgan fingerprint density at radius 2 is 1.96 bits per heavy atom. The van der Waals surface area contributed by atoms with Crippen LogP contribution in [0.5, 0.6) is 0 Å². The molecule has 1 amide bonds. The van der Waals surface area contributed by atoms with Gasteiger partial charge in [-0.25, -0.2) is 0 Å². The number of nitrogens with zero attached hydrogens (tertiary/aromatic N) is 1. The van der Waals surface area contributed by atoms with Gasteiger partial charge in [-0.05, 0) is 46.5 Å². The van der Waals surface area contributed by atoms with E-state index in [0.29, 0.717) is 13.0 Å². The number of aliphatic imine (C=N–C) groups is 1. The van der Waals surface area contributed by atoms with Crippen LogP contribution in [-0.4, -0.2) is 18.9 Å². The van der Waals surface area contributed by atoms with Gasteiger partial charge in [0, 0.05) is 32.2 Å². The monoisotopic (exact) mass is 344 g/mol. The summed E-state index contributed by atoms with van der Waals surface area (Å²) in [4.78, 5) is 15.9. The molecule has 1 aromatic carbocycles. The molecule has 0 unspecified atom stereocenters. The fourth-order valence-electron chi connectivity index (χ4n) is 2.20. The SMILES string of the molecule is CCCC(=O)Nc1cccc(CNC(=NC)NCc2ccsc2)c1. The summed E-state index contributed by atoms with van der Waals surface area (Å²) in [5.74, 6) is 0.803. The van der Waals surface area contributed by atoms with Gasteiger partial charge < -0.3 is 16.0 Å². The van der Waals surface area contributed by atoms with E-state index in [4.69, 9.17) is 0 Å². The second-order valence-corrected chi connectivity index (χ2v) is 6.19. The van der Waals surface area contributed by atoms with Crippen molar-refractivity contribution in [3.05, 3.63) is 52.2 Å². The van der Waals surface area contributed by atoms with Gasteiger partial charge in [-0.15, -0.1) is 0 Å². The average molecular weight is 344 g/mol. The van der Waals surface area contributed by atoms with Gasteiger partial charge >= 0.3 is 0 Å². The minimum atomic E-state index is 0.0517. The number of carbonyl (C=O) groups is 1. The smallest absolute Gasteiger partial charge is 0.224 e. The fourth-order valence-corrected chi connectivity index (χ4v) is 2.86. The summed E-state index contributed by atoms with van der Waals surface area (Å²) in [5.41, 5.74) is 3.15. The van der Waals surface area contributed by atoms with Gasteiger partial charge in [0.2, 0.25) is 5.91 Å². The molecule has 0 aliphatic rings. The molecule has 1 heterocycles. The van der Waals surface area contributed by atoms with Gasteiger partial charge in [0.05, 0.1) is 0 Å². The van der Waals surface area contributed by atoms with Crippen LogP contribution in [0.25, 0.3) is 0 Å².